The Morgan fingerprint density at radius 3 is 1.75 bits per heavy atom. The minimum Gasteiger partial charge on any atom is -0.461 e. The molecule has 0 saturated carbocycles. The highest BCUT2D eigenvalue weighted by molar-refractivity contribution is 6.00. The van der Waals surface area contributed by atoms with Crippen molar-refractivity contribution >= 4 is 35.1 Å². The summed E-state index contributed by atoms with van der Waals surface area (Å²) in [6.07, 6.45) is 9.24. The van der Waals surface area contributed by atoms with Crippen molar-refractivity contribution in [1.29, 1.82) is 0 Å². The Morgan fingerprint density at radius 1 is 0.754 bits per heavy atom. The van der Waals surface area contributed by atoms with Crippen LogP contribution in [0.25, 0.3) is 44.7 Å². The van der Waals surface area contributed by atoms with Gasteiger partial charge in [0.25, 0.3) is 0 Å². The van der Waals surface area contributed by atoms with Gasteiger partial charge in [0.2, 0.25) is 11.8 Å². The SMILES string of the molecule is COC(=O)N[C@H](C(=O)N1CCCC1c1ncc(-c2ccc(-c3cn(C)c4c(-c5cnc(C6CCCN6C(=O)[C@@H](NC(=O)OC)C(C)C)[nH]5)coc34)cc2)[nH]1)C(C)C. The van der Waals surface area contributed by atoms with E-state index in [9.17, 15) is 19.2 Å². The number of methoxy groups -OCH3 is 2. The molecule has 16 nitrogen and oxygen atoms in total. The number of alkyl carbamates (subject to hydrolysis) is 2. The van der Waals surface area contributed by atoms with Gasteiger partial charge in [0.05, 0.1) is 61.2 Å². The molecule has 0 spiro atoms. The van der Waals surface area contributed by atoms with Crippen molar-refractivity contribution in [2.24, 2.45) is 18.9 Å². The number of benzene rings is 1. The molecule has 4 amide bonds. The van der Waals surface area contributed by atoms with Gasteiger partial charge in [-0.15, -0.1) is 0 Å². The number of aromatic nitrogens is 5. The topological polar surface area (TPSA) is 193 Å². The first-order valence-electron chi connectivity index (χ1n) is 19.5. The summed E-state index contributed by atoms with van der Waals surface area (Å²) in [7, 11) is 4.55. The van der Waals surface area contributed by atoms with Crippen molar-refractivity contribution in [3.63, 3.8) is 0 Å². The van der Waals surface area contributed by atoms with Gasteiger partial charge in [-0.25, -0.2) is 19.6 Å². The highest BCUT2D eigenvalue weighted by Crippen LogP contribution is 2.40. The van der Waals surface area contributed by atoms with Gasteiger partial charge in [0.15, 0.2) is 5.58 Å². The molecule has 1 aromatic carbocycles. The average molecular weight is 782 g/mol. The minimum atomic E-state index is -0.712. The number of carbonyl (C=O) groups excluding carboxylic acids is 4. The van der Waals surface area contributed by atoms with E-state index >= 15 is 0 Å². The van der Waals surface area contributed by atoms with Crippen LogP contribution in [0.3, 0.4) is 0 Å². The molecule has 57 heavy (non-hydrogen) atoms. The van der Waals surface area contributed by atoms with Crippen LogP contribution < -0.4 is 10.6 Å². The number of H-pyrrole nitrogens is 2. The molecule has 302 valence electrons. The van der Waals surface area contributed by atoms with Crippen LogP contribution in [0.15, 0.2) is 53.5 Å². The molecule has 2 aliphatic rings. The zero-order chi connectivity index (χ0) is 40.5. The van der Waals surface area contributed by atoms with Crippen molar-refractivity contribution in [1.82, 2.24) is 44.9 Å². The standard InChI is InChI=1S/C41H51N9O7/c1-22(2)32(46-40(53)55-6)38(51)49-16-8-10-30(49)36-42-18-28(44-36)25-14-12-24(13-15-25)26-20-48(5)34-27(21-57-35(26)34)29-19-43-37(45-29)31-11-9-17-50(31)39(52)33(23(3)4)47-41(54)56-7/h12-15,18-23,30-33H,8-11,16-17H2,1-7H3,(H,42,44)(H,43,45)(H,46,53)(H,47,54)/t30?,31?,32-,33-/m0/s1. The van der Waals surface area contributed by atoms with Gasteiger partial charge >= 0.3 is 12.2 Å². The summed E-state index contributed by atoms with van der Waals surface area (Å²) in [5.41, 5.74) is 6.94. The lowest BCUT2D eigenvalue weighted by Crippen LogP contribution is -2.51. The van der Waals surface area contributed by atoms with Crippen molar-refractivity contribution in [2.75, 3.05) is 27.3 Å². The molecule has 4 aromatic heterocycles. The third kappa shape index (κ3) is 7.59. The second kappa shape index (κ2) is 16.2. The molecule has 0 aliphatic carbocycles. The van der Waals surface area contributed by atoms with Crippen LogP contribution in [0.5, 0.6) is 0 Å². The van der Waals surface area contributed by atoms with E-state index in [4.69, 9.17) is 18.9 Å². The zero-order valence-electron chi connectivity index (χ0n) is 33.4. The third-order valence-corrected chi connectivity index (χ3v) is 11.2. The minimum absolute atomic E-state index is 0.116. The summed E-state index contributed by atoms with van der Waals surface area (Å²) in [6, 6.07) is 6.26. The highest BCUT2D eigenvalue weighted by atomic mass is 16.5. The van der Waals surface area contributed by atoms with Crippen LogP contribution in [-0.2, 0) is 26.1 Å². The van der Waals surface area contributed by atoms with Crippen LogP contribution >= 0.6 is 0 Å². The summed E-state index contributed by atoms with van der Waals surface area (Å²) in [5.74, 6) is 0.834. The number of fused-ring (bicyclic) bond motifs is 1. The second-order valence-electron chi connectivity index (χ2n) is 15.5. The monoisotopic (exact) mass is 781 g/mol. The number of hydrogen-bond donors (Lipinski definition) is 4. The van der Waals surface area contributed by atoms with Crippen LogP contribution in [-0.4, -0.2) is 97.7 Å². The molecule has 7 rings (SSSR count). The van der Waals surface area contributed by atoms with Gasteiger partial charge in [-0.3, -0.25) is 9.59 Å². The van der Waals surface area contributed by atoms with Crippen LogP contribution in [0, 0.1) is 11.8 Å². The number of furan rings is 1. The van der Waals surface area contributed by atoms with E-state index in [-0.39, 0.29) is 35.7 Å². The number of ether oxygens (including phenoxy) is 2. The Kier molecular flexibility index (Phi) is 11.1. The number of aromatic amines is 2. The van der Waals surface area contributed by atoms with Crippen molar-refractivity contribution in [3.05, 3.63) is 60.8 Å². The molecule has 4 atom stereocenters. The Hall–Kier alpha value is -6.06. The number of likely N-dealkylation sites (tertiary alicyclic amines) is 2. The molecule has 0 bridgehead atoms. The molecule has 6 heterocycles. The normalized spacial score (nSPS) is 18.1. The van der Waals surface area contributed by atoms with Crippen molar-refractivity contribution < 1.29 is 33.1 Å². The Morgan fingerprint density at radius 2 is 1.25 bits per heavy atom. The third-order valence-electron chi connectivity index (χ3n) is 11.2. The van der Waals surface area contributed by atoms with Crippen LogP contribution in [0.1, 0.15) is 77.1 Å². The first kappa shape index (κ1) is 39.2. The maximum Gasteiger partial charge on any atom is 0.407 e. The van der Waals surface area contributed by atoms with Crippen molar-refractivity contribution in [2.45, 2.75) is 77.5 Å². The lowest BCUT2D eigenvalue weighted by Gasteiger charge is -2.30. The lowest BCUT2D eigenvalue weighted by molar-refractivity contribution is -0.136. The fourth-order valence-corrected chi connectivity index (χ4v) is 8.12. The van der Waals surface area contributed by atoms with E-state index in [2.05, 4.69) is 25.6 Å². The Balaban J connectivity index is 1.07. The smallest absolute Gasteiger partial charge is 0.407 e. The van der Waals surface area contributed by atoms with Crippen LogP contribution in [0.4, 0.5) is 9.59 Å². The quantitative estimate of drug-likeness (QED) is 0.119. The van der Waals surface area contributed by atoms with Gasteiger partial charge in [-0.05, 0) is 48.6 Å². The number of imidazole rings is 2. The van der Waals surface area contributed by atoms with Gasteiger partial charge in [-0.2, -0.15) is 0 Å². The Bertz CT molecular complexity index is 2250. The number of nitrogens with zero attached hydrogens (tertiary/aromatic N) is 5. The summed E-state index contributed by atoms with van der Waals surface area (Å²) >= 11 is 0. The predicted molar refractivity (Wildman–Crippen MR) is 211 cm³/mol. The van der Waals surface area contributed by atoms with E-state index in [1.807, 2.05) is 69.8 Å². The Labute approximate surface area is 330 Å². The number of amides is 4. The fourth-order valence-electron chi connectivity index (χ4n) is 8.12. The summed E-state index contributed by atoms with van der Waals surface area (Å²) in [6.45, 7) is 8.73. The van der Waals surface area contributed by atoms with Gasteiger partial charge < -0.3 is 48.9 Å². The molecule has 2 fully saturated rings. The van der Waals surface area contributed by atoms with E-state index in [1.165, 1.54) is 14.2 Å². The maximum atomic E-state index is 13.6. The van der Waals surface area contributed by atoms with E-state index < -0.39 is 24.3 Å². The number of aryl methyl sites for hydroxylation is 1. The fraction of sp³-hybridized carbons (Fsp3) is 0.463. The van der Waals surface area contributed by atoms with E-state index in [1.54, 1.807) is 28.5 Å². The molecular weight excluding hydrogens is 731 g/mol. The van der Waals surface area contributed by atoms with Gasteiger partial charge in [0, 0.05) is 31.9 Å². The average Bonchev–Trinajstić information content (AvgIpc) is 4.05. The first-order valence-corrected chi connectivity index (χ1v) is 19.5. The second-order valence-corrected chi connectivity index (χ2v) is 15.5. The van der Waals surface area contributed by atoms with Gasteiger partial charge in [0.1, 0.15) is 30.0 Å². The van der Waals surface area contributed by atoms with E-state index in [0.29, 0.717) is 24.7 Å². The molecule has 2 unspecified atom stereocenters. The molecular formula is C41H51N9O7. The molecule has 4 N–H and O–H groups in total. The number of rotatable bonds is 11. The highest BCUT2D eigenvalue weighted by Gasteiger charge is 2.39. The molecule has 5 aromatic rings. The lowest BCUT2D eigenvalue weighted by atomic mass is 10.0. The largest absolute Gasteiger partial charge is 0.461 e. The molecule has 2 aliphatic heterocycles. The molecule has 16 heteroatoms. The maximum absolute atomic E-state index is 13.6. The first-order chi connectivity index (χ1) is 27.4. The zero-order valence-corrected chi connectivity index (χ0v) is 33.4. The molecule has 0 radical (unpaired) electrons. The summed E-state index contributed by atoms with van der Waals surface area (Å²) < 4.78 is 17.8. The summed E-state index contributed by atoms with van der Waals surface area (Å²) in [5, 5.41) is 5.39. The molecule has 2 saturated heterocycles. The summed E-state index contributed by atoms with van der Waals surface area (Å²) in [4.78, 5) is 71.1. The van der Waals surface area contributed by atoms with Crippen LogP contribution in [0.2, 0.25) is 0 Å². The van der Waals surface area contributed by atoms with Gasteiger partial charge in [-0.1, -0.05) is 52.0 Å². The number of nitrogens with one attached hydrogen (secondary N) is 4. The van der Waals surface area contributed by atoms with Crippen molar-refractivity contribution in [3.8, 4) is 33.6 Å². The number of hydrogen-bond acceptors (Lipinski definition) is 9. The number of carbonyl (C=O) groups is 4. The predicted octanol–water partition coefficient (Wildman–Crippen LogP) is 6.31. The van der Waals surface area contributed by atoms with E-state index in [0.717, 1.165) is 70.4 Å².